The normalized spacial score (nSPS) is 10.2. The Morgan fingerprint density at radius 2 is 2.06 bits per heavy atom. The first-order chi connectivity index (χ1) is 8.33. The molecule has 0 spiro atoms. The van der Waals surface area contributed by atoms with E-state index in [1.165, 1.54) is 0 Å². The molecule has 2 aromatic rings. The molecule has 3 nitrogen and oxygen atoms in total. The molecule has 1 heterocycles. The Balaban J connectivity index is 2.11. The van der Waals surface area contributed by atoms with Gasteiger partial charge in [-0.05, 0) is 30.7 Å². The molecule has 0 bridgehead atoms. The van der Waals surface area contributed by atoms with Gasteiger partial charge >= 0.3 is 0 Å². The lowest BCUT2D eigenvalue weighted by Gasteiger charge is -2.04. The molecule has 0 saturated heterocycles. The molecule has 0 aliphatic carbocycles. The zero-order valence-corrected chi connectivity index (χ0v) is 10.9. The van der Waals surface area contributed by atoms with Crippen LogP contribution in [0, 0.1) is 0 Å². The van der Waals surface area contributed by atoms with E-state index in [4.69, 9.17) is 4.74 Å². The molecule has 0 aliphatic heterocycles. The molecule has 0 amide bonds. The van der Waals surface area contributed by atoms with Crippen LogP contribution >= 0.6 is 11.3 Å². The predicted molar refractivity (Wildman–Crippen MR) is 72.9 cm³/mol. The standard InChI is InChI=1S/C13H16N2OS/c1-3-8-16-11-6-4-10(5-7-11)12-9-17-13(14-2)15-12/h4-7,9H,3,8H2,1-2H3,(H,14,15). The molecule has 90 valence electrons. The van der Waals surface area contributed by atoms with Crippen LogP contribution < -0.4 is 10.1 Å². The number of nitrogens with one attached hydrogen (secondary N) is 1. The zero-order chi connectivity index (χ0) is 12.1. The van der Waals surface area contributed by atoms with Gasteiger partial charge in [0.15, 0.2) is 5.13 Å². The smallest absolute Gasteiger partial charge is 0.182 e. The lowest BCUT2D eigenvalue weighted by atomic mass is 10.2. The van der Waals surface area contributed by atoms with E-state index >= 15 is 0 Å². The van der Waals surface area contributed by atoms with Gasteiger partial charge in [-0.2, -0.15) is 0 Å². The summed E-state index contributed by atoms with van der Waals surface area (Å²) in [6.07, 6.45) is 1.03. The molecule has 17 heavy (non-hydrogen) atoms. The van der Waals surface area contributed by atoms with E-state index in [2.05, 4.69) is 17.2 Å². The van der Waals surface area contributed by atoms with Crippen LogP contribution in [0.25, 0.3) is 11.3 Å². The van der Waals surface area contributed by atoms with Gasteiger partial charge in [0, 0.05) is 18.0 Å². The first kappa shape index (κ1) is 11.9. The van der Waals surface area contributed by atoms with Crippen LogP contribution in [0.5, 0.6) is 5.75 Å². The molecule has 2 rings (SSSR count). The molecule has 1 aromatic heterocycles. The Bertz CT molecular complexity index is 465. The number of aromatic nitrogens is 1. The highest BCUT2D eigenvalue weighted by molar-refractivity contribution is 7.14. The van der Waals surface area contributed by atoms with E-state index < -0.39 is 0 Å². The summed E-state index contributed by atoms with van der Waals surface area (Å²) in [5.41, 5.74) is 2.12. The van der Waals surface area contributed by atoms with E-state index in [0.29, 0.717) is 0 Å². The third-order valence-electron chi connectivity index (χ3n) is 2.34. The van der Waals surface area contributed by atoms with Crippen molar-refractivity contribution in [3.05, 3.63) is 29.6 Å². The first-order valence-electron chi connectivity index (χ1n) is 5.70. The predicted octanol–water partition coefficient (Wildman–Crippen LogP) is 3.64. The minimum absolute atomic E-state index is 0.764. The van der Waals surface area contributed by atoms with Crippen LogP contribution in [0.2, 0.25) is 0 Å². The molecular formula is C13H16N2OS. The van der Waals surface area contributed by atoms with E-state index in [0.717, 1.165) is 35.2 Å². The minimum Gasteiger partial charge on any atom is -0.494 e. The van der Waals surface area contributed by atoms with Crippen molar-refractivity contribution in [2.75, 3.05) is 19.0 Å². The lowest BCUT2D eigenvalue weighted by Crippen LogP contribution is -1.94. The molecule has 1 aromatic carbocycles. The van der Waals surface area contributed by atoms with Gasteiger partial charge in [-0.25, -0.2) is 4.98 Å². The Kier molecular flexibility index (Phi) is 3.98. The van der Waals surface area contributed by atoms with Gasteiger partial charge in [0.1, 0.15) is 5.75 Å². The second-order valence-electron chi connectivity index (χ2n) is 3.66. The minimum atomic E-state index is 0.764. The number of rotatable bonds is 5. The summed E-state index contributed by atoms with van der Waals surface area (Å²) < 4.78 is 5.54. The fourth-order valence-corrected chi connectivity index (χ4v) is 2.14. The van der Waals surface area contributed by atoms with Crippen molar-refractivity contribution >= 4 is 16.5 Å². The van der Waals surface area contributed by atoms with Crippen LogP contribution in [0.15, 0.2) is 29.6 Å². The van der Waals surface area contributed by atoms with Crippen LogP contribution in [0.4, 0.5) is 5.13 Å². The fourth-order valence-electron chi connectivity index (χ4n) is 1.46. The number of hydrogen-bond acceptors (Lipinski definition) is 4. The third kappa shape index (κ3) is 2.97. The summed E-state index contributed by atoms with van der Waals surface area (Å²) in [4.78, 5) is 4.46. The van der Waals surface area contributed by atoms with E-state index in [9.17, 15) is 0 Å². The van der Waals surface area contributed by atoms with Crippen molar-refractivity contribution in [3.63, 3.8) is 0 Å². The van der Waals surface area contributed by atoms with Gasteiger partial charge in [-0.15, -0.1) is 11.3 Å². The van der Waals surface area contributed by atoms with E-state index in [1.807, 2.05) is 36.7 Å². The van der Waals surface area contributed by atoms with Crippen molar-refractivity contribution in [2.45, 2.75) is 13.3 Å². The summed E-state index contributed by atoms with van der Waals surface area (Å²) in [6, 6.07) is 8.06. The Hall–Kier alpha value is -1.55. The van der Waals surface area contributed by atoms with Gasteiger partial charge in [0.25, 0.3) is 0 Å². The third-order valence-corrected chi connectivity index (χ3v) is 3.20. The molecule has 0 fully saturated rings. The maximum atomic E-state index is 5.54. The number of benzene rings is 1. The summed E-state index contributed by atoms with van der Waals surface area (Å²) >= 11 is 1.61. The second-order valence-corrected chi connectivity index (χ2v) is 4.52. The topological polar surface area (TPSA) is 34.1 Å². The summed E-state index contributed by atoms with van der Waals surface area (Å²) in [6.45, 7) is 2.86. The van der Waals surface area contributed by atoms with Gasteiger partial charge in [0.05, 0.1) is 12.3 Å². The largest absolute Gasteiger partial charge is 0.494 e. The molecule has 1 N–H and O–H groups in total. The maximum absolute atomic E-state index is 5.54. The number of nitrogens with zero attached hydrogens (tertiary/aromatic N) is 1. The summed E-state index contributed by atoms with van der Waals surface area (Å²) in [5.74, 6) is 0.916. The zero-order valence-electron chi connectivity index (χ0n) is 10.1. The lowest BCUT2D eigenvalue weighted by molar-refractivity contribution is 0.317. The average Bonchev–Trinajstić information content (AvgIpc) is 2.86. The number of anilines is 1. The fraction of sp³-hybridized carbons (Fsp3) is 0.308. The quantitative estimate of drug-likeness (QED) is 0.877. The molecule has 0 radical (unpaired) electrons. The van der Waals surface area contributed by atoms with Gasteiger partial charge in [-0.1, -0.05) is 6.92 Å². The number of ether oxygens (including phenoxy) is 1. The first-order valence-corrected chi connectivity index (χ1v) is 6.58. The van der Waals surface area contributed by atoms with Gasteiger partial charge < -0.3 is 10.1 Å². The highest BCUT2D eigenvalue weighted by Crippen LogP contribution is 2.26. The van der Waals surface area contributed by atoms with Crippen LogP contribution in [-0.4, -0.2) is 18.6 Å². The number of thiazole rings is 1. The maximum Gasteiger partial charge on any atom is 0.182 e. The highest BCUT2D eigenvalue weighted by atomic mass is 32.1. The monoisotopic (exact) mass is 248 g/mol. The van der Waals surface area contributed by atoms with E-state index in [1.54, 1.807) is 11.3 Å². The van der Waals surface area contributed by atoms with Crippen molar-refractivity contribution in [1.29, 1.82) is 0 Å². The average molecular weight is 248 g/mol. The van der Waals surface area contributed by atoms with Crippen molar-refractivity contribution in [1.82, 2.24) is 4.98 Å². The van der Waals surface area contributed by atoms with Crippen molar-refractivity contribution in [3.8, 4) is 17.0 Å². The van der Waals surface area contributed by atoms with Crippen LogP contribution in [-0.2, 0) is 0 Å². The second kappa shape index (κ2) is 5.68. The van der Waals surface area contributed by atoms with Crippen LogP contribution in [0.1, 0.15) is 13.3 Å². The van der Waals surface area contributed by atoms with Crippen LogP contribution in [0.3, 0.4) is 0 Å². The van der Waals surface area contributed by atoms with Crippen molar-refractivity contribution in [2.24, 2.45) is 0 Å². The molecule has 0 atom stereocenters. The summed E-state index contributed by atoms with van der Waals surface area (Å²) in [5, 5.41) is 6.02. The molecule has 0 unspecified atom stereocenters. The molecule has 4 heteroatoms. The Morgan fingerprint density at radius 1 is 1.29 bits per heavy atom. The van der Waals surface area contributed by atoms with Gasteiger partial charge in [0.2, 0.25) is 0 Å². The van der Waals surface area contributed by atoms with Gasteiger partial charge in [-0.3, -0.25) is 0 Å². The van der Waals surface area contributed by atoms with Crippen molar-refractivity contribution < 1.29 is 4.74 Å². The highest BCUT2D eigenvalue weighted by Gasteiger charge is 2.03. The Morgan fingerprint density at radius 3 is 2.65 bits per heavy atom. The Labute approximate surface area is 105 Å². The molecule has 0 aliphatic rings. The summed E-state index contributed by atoms with van der Waals surface area (Å²) in [7, 11) is 1.88. The molecular weight excluding hydrogens is 232 g/mol. The SMILES string of the molecule is CCCOc1ccc(-c2csc(NC)n2)cc1. The molecule has 0 saturated carbocycles. The number of hydrogen-bond donors (Lipinski definition) is 1. The van der Waals surface area contributed by atoms with E-state index in [-0.39, 0.29) is 0 Å².